The van der Waals surface area contributed by atoms with Crippen molar-refractivity contribution in [1.82, 2.24) is 10.3 Å². The Hall–Kier alpha value is -0.770. The molecule has 1 aromatic heterocycles. The first-order valence-corrected chi connectivity index (χ1v) is 7.22. The second kappa shape index (κ2) is 8.62. The van der Waals surface area contributed by atoms with Crippen LogP contribution in [0.15, 0.2) is 5.51 Å². The highest BCUT2D eigenvalue weighted by atomic mass is 32.1. The predicted molar refractivity (Wildman–Crippen MR) is 71.2 cm³/mol. The average molecular weight is 330 g/mol. The maximum atomic E-state index is 12.6. The first kappa shape index (κ1) is 18.3. The summed E-state index contributed by atoms with van der Waals surface area (Å²) in [5, 5.41) is 11.6. The Bertz CT molecular complexity index is 418. The monoisotopic (exact) mass is 330 g/mol. The minimum atomic E-state index is -4.09. The Kier molecular flexibility index (Phi) is 7.50. The summed E-state index contributed by atoms with van der Waals surface area (Å²) in [6.07, 6.45) is -4.10. The van der Waals surface area contributed by atoms with E-state index in [9.17, 15) is 22.7 Å². The number of aromatic nitrogens is 1. The lowest BCUT2D eigenvalue weighted by molar-refractivity contribution is -0.126. The summed E-state index contributed by atoms with van der Waals surface area (Å²) in [7, 11) is 0. The van der Waals surface area contributed by atoms with Crippen molar-refractivity contribution in [3.8, 4) is 0 Å². The molecule has 0 aromatic carbocycles. The molecule has 2 N–H and O–H groups in total. The molecule has 1 atom stereocenters. The number of ether oxygens (including phenoxy) is 1. The lowest BCUT2D eigenvalue weighted by Gasteiger charge is -2.17. The van der Waals surface area contributed by atoms with Gasteiger partial charge in [-0.3, -0.25) is 0 Å². The molecule has 0 aliphatic rings. The molecule has 0 fully saturated rings. The van der Waals surface area contributed by atoms with Gasteiger partial charge in [-0.25, -0.2) is 13.8 Å². The number of hydrogen-bond acceptors (Lipinski definition) is 5. The van der Waals surface area contributed by atoms with Crippen molar-refractivity contribution in [2.75, 3.05) is 26.3 Å². The summed E-state index contributed by atoms with van der Waals surface area (Å²) < 4.78 is 54.1. The van der Waals surface area contributed by atoms with Gasteiger partial charge in [-0.05, 0) is 6.92 Å². The van der Waals surface area contributed by atoms with Gasteiger partial charge in [0.1, 0.15) is 0 Å². The number of aliphatic hydroxyl groups excluding tert-OH is 1. The Labute approximate surface area is 124 Å². The van der Waals surface area contributed by atoms with E-state index in [1.165, 1.54) is 11.3 Å². The van der Waals surface area contributed by atoms with E-state index in [2.05, 4.69) is 10.3 Å². The molecule has 0 aliphatic heterocycles. The van der Waals surface area contributed by atoms with Crippen LogP contribution in [0.5, 0.6) is 0 Å². The van der Waals surface area contributed by atoms with E-state index in [0.29, 0.717) is 13.0 Å². The number of aliphatic hydroxyl groups is 1. The van der Waals surface area contributed by atoms with E-state index in [-0.39, 0.29) is 13.2 Å². The van der Waals surface area contributed by atoms with Gasteiger partial charge in [0, 0.05) is 17.8 Å². The zero-order chi connectivity index (χ0) is 15.9. The molecule has 0 aliphatic carbocycles. The van der Waals surface area contributed by atoms with Gasteiger partial charge in [-0.2, -0.15) is 8.78 Å². The minimum Gasteiger partial charge on any atom is -0.389 e. The van der Waals surface area contributed by atoms with Gasteiger partial charge in [0.25, 0.3) is 0 Å². The molecule has 0 spiro atoms. The molecule has 21 heavy (non-hydrogen) atoms. The molecular weight excluding hydrogens is 312 g/mol. The van der Waals surface area contributed by atoms with E-state index in [4.69, 9.17) is 4.74 Å². The van der Waals surface area contributed by atoms with Gasteiger partial charge in [-0.15, -0.1) is 11.3 Å². The van der Waals surface area contributed by atoms with E-state index < -0.39 is 25.0 Å². The zero-order valence-electron chi connectivity index (χ0n) is 11.5. The van der Waals surface area contributed by atoms with Crippen LogP contribution < -0.4 is 5.32 Å². The van der Waals surface area contributed by atoms with E-state index >= 15 is 0 Å². The number of halogens is 4. The van der Waals surface area contributed by atoms with E-state index in [1.807, 2.05) is 6.92 Å². The third-order valence-corrected chi connectivity index (χ3v) is 3.68. The van der Waals surface area contributed by atoms with Gasteiger partial charge in [-0.1, -0.05) is 0 Å². The summed E-state index contributed by atoms with van der Waals surface area (Å²) in [5.74, 6) is -4.09. The van der Waals surface area contributed by atoms with Crippen molar-refractivity contribution >= 4 is 11.3 Å². The van der Waals surface area contributed by atoms with E-state index in [1.54, 1.807) is 5.51 Å². The molecule has 1 unspecified atom stereocenters. The van der Waals surface area contributed by atoms with Crippen LogP contribution in [0.1, 0.15) is 10.6 Å². The van der Waals surface area contributed by atoms with Crippen molar-refractivity contribution in [3.63, 3.8) is 0 Å². The number of rotatable bonds is 10. The molecule has 4 nitrogen and oxygen atoms in total. The first-order chi connectivity index (χ1) is 9.83. The van der Waals surface area contributed by atoms with Crippen molar-refractivity contribution in [1.29, 1.82) is 0 Å². The highest BCUT2D eigenvalue weighted by molar-refractivity contribution is 7.09. The normalized spacial score (nSPS) is 13.9. The maximum absolute atomic E-state index is 12.6. The summed E-state index contributed by atoms with van der Waals surface area (Å²) in [6.45, 7) is 0.788. The number of alkyl halides is 4. The van der Waals surface area contributed by atoms with E-state index in [0.717, 1.165) is 10.6 Å². The summed E-state index contributed by atoms with van der Waals surface area (Å²) >= 11 is 1.51. The number of nitrogens with zero attached hydrogens (tertiary/aromatic N) is 1. The van der Waals surface area contributed by atoms with Crippen LogP contribution in [0.3, 0.4) is 0 Å². The smallest absolute Gasteiger partial charge is 0.319 e. The van der Waals surface area contributed by atoms with Crippen LogP contribution in [0.25, 0.3) is 0 Å². The summed E-state index contributed by atoms with van der Waals surface area (Å²) in [6, 6.07) is 0. The predicted octanol–water partition coefficient (Wildman–Crippen LogP) is 1.86. The molecule has 0 radical (unpaired) electrons. The average Bonchev–Trinajstić information content (AvgIpc) is 2.80. The highest BCUT2D eigenvalue weighted by Gasteiger charge is 2.40. The van der Waals surface area contributed by atoms with Crippen LogP contribution in [0, 0.1) is 6.92 Å². The minimum absolute atomic E-state index is 0.0505. The molecule has 0 saturated heterocycles. The Morgan fingerprint density at radius 1 is 1.48 bits per heavy atom. The van der Waals surface area contributed by atoms with Crippen LogP contribution in [0.4, 0.5) is 17.6 Å². The molecule has 9 heteroatoms. The Morgan fingerprint density at radius 3 is 2.76 bits per heavy atom. The lowest BCUT2D eigenvalue weighted by atomic mass is 10.3. The maximum Gasteiger partial charge on any atom is 0.319 e. The number of thiazole rings is 1. The standard InChI is InChI=1S/C12H18F4N2O2S/c1-8-10(21-7-18-8)2-3-20-5-9(19)4-17-6-12(15,16)11(13)14/h7,9,11,17,19H,2-6H2,1H3. The topological polar surface area (TPSA) is 54.4 Å². The van der Waals surface area contributed by atoms with Crippen LogP contribution >= 0.6 is 11.3 Å². The second-order valence-electron chi connectivity index (χ2n) is 4.53. The molecule has 1 aromatic rings. The Morgan fingerprint density at radius 2 is 2.19 bits per heavy atom. The quantitative estimate of drug-likeness (QED) is 0.508. The van der Waals surface area contributed by atoms with Gasteiger partial charge < -0.3 is 15.2 Å². The molecule has 122 valence electrons. The van der Waals surface area contributed by atoms with Crippen molar-refractivity contribution < 1.29 is 27.4 Å². The first-order valence-electron chi connectivity index (χ1n) is 6.34. The van der Waals surface area contributed by atoms with Crippen LogP contribution in [0.2, 0.25) is 0 Å². The number of hydrogen-bond donors (Lipinski definition) is 2. The SMILES string of the molecule is Cc1ncsc1CCOCC(O)CNCC(F)(F)C(F)F. The van der Waals surface area contributed by atoms with Crippen molar-refractivity contribution in [2.24, 2.45) is 0 Å². The highest BCUT2D eigenvalue weighted by Crippen LogP contribution is 2.21. The molecule has 0 saturated carbocycles. The van der Waals surface area contributed by atoms with Gasteiger partial charge >= 0.3 is 12.3 Å². The fourth-order valence-corrected chi connectivity index (χ4v) is 2.25. The fourth-order valence-electron chi connectivity index (χ4n) is 1.49. The van der Waals surface area contributed by atoms with Gasteiger partial charge in [0.15, 0.2) is 0 Å². The number of nitrogens with one attached hydrogen (secondary N) is 1. The largest absolute Gasteiger partial charge is 0.389 e. The van der Waals surface area contributed by atoms with Crippen molar-refractivity contribution in [2.45, 2.75) is 31.8 Å². The van der Waals surface area contributed by atoms with Crippen LogP contribution in [-0.4, -0.2) is 54.8 Å². The summed E-state index contributed by atoms with van der Waals surface area (Å²) in [5.41, 5.74) is 2.66. The Balaban J connectivity index is 2.09. The third kappa shape index (κ3) is 6.68. The molecular formula is C12H18F4N2O2S. The molecule has 1 rings (SSSR count). The van der Waals surface area contributed by atoms with Crippen molar-refractivity contribution in [3.05, 3.63) is 16.1 Å². The second-order valence-corrected chi connectivity index (χ2v) is 5.47. The van der Waals surface area contributed by atoms with Gasteiger partial charge in [0.05, 0.1) is 37.1 Å². The summed E-state index contributed by atoms with van der Waals surface area (Å²) in [4.78, 5) is 5.16. The number of aryl methyl sites for hydroxylation is 1. The third-order valence-electron chi connectivity index (χ3n) is 2.69. The zero-order valence-corrected chi connectivity index (χ0v) is 12.3. The lowest BCUT2D eigenvalue weighted by Crippen LogP contribution is -2.42. The molecule has 1 heterocycles. The van der Waals surface area contributed by atoms with Crippen LogP contribution in [-0.2, 0) is 11.2 Å². The molecule has 0 bridgehead atoms. The fraction of sp³-hybridized carbons (Fsp3) is 0.750. The molecule has 0 amide bonds. The van der Waals surface area contributed by atoms with Gasteiger partial charge in [0.2, 0.25) is 0 Å².